The molecule has 0 spiro atoms. The molecular weight excluding hydrogens is 190 g/mol. The average Bonchev–Trinajstić information content (AvgIpc) is 2.30. The normalized spacial score (nSPS) is 18.9. The third-order valence-electron chi connectivity index (χ3n) is 2.63. The molecule has 1 fully saturated rings. The second-order valence-electron chi connectivity index (χ2n) is 3.84. The van der Waals surface area contributed by atoms with Crippen LogP contribution in [-0.2, 0) is 4.74 Å². The molecule has 2 heterocycles. The summed E-state index contributed by atoms with van der Waals surface area (Å²) in [5.74, 6) is 1.01. The van der Waals surface area contributed by atoms with Crippen LogP contribution >= 0.6 is 0 Å². The Balaban J connectivity index is 2.16. The van der Waals surface area contributed by atoms with Crippen molar-refractivity contribution < 1.29 is 4.74 Å². The van der Waals surface area contributed by atoms with Crippen LogP contribution in [0.1, 0.15) is 18.5 Å². The summed E-state index contributed by atoms with van der Waals surface area (Å²) >= 11 is 0. The quantitative estimate of drug-likeness (QED) is 0.784. The van der Waals surface area contributed by atoms with E-state index in [1.54, 1.807) is 0 Å². The first-order valence-electron chi connectivity index (χ1n) is 5.31. The van der Waals surface area contributed by atoms with Gasteiger partial charge in [0.15, 0.2) is 0 Å². The molecule has 0 saturated carbocycles. The van der Waals surface area contributed by atoms with Gasteiger partial charge in [-0.2, -0.15) is 0 Å². The molecule has 1 unspecified atom stereocenters. The van der Waals surface area contributed by atoms with Crippen molar-refractivity contribution in [2.45, 2.75) is 13.0 Å². The van der Waals surface area contributed by atoms with E-state index in [1.807, 2.05) is 19.2 Å². The fraction of sp³-hybridized carbons (Fsp3) is 0.545. The van der Waals surface area contributed by atoms with Gasteiger partial charge < -0.3 is 15.4 Å². The fourth-order valence-corrected chi connectivity index (χ4v) is 1.68. The Hall–Kier alpha value is -1.13. The predicted octanol–water partition coefficient (Wildman–Crippen LogP) is 0.938. The molecule has 1 aromatic heterocycles. The van der Waals surface area contributed by atoms with Crippen LogP contribution in [0.2, 0.25) is 0 Å². The van der Waals surface area contributed by atoms with Crippen molar-refractivity contribution in [3.05, 3.63) is 23.9 Å². The number of morpholine rings is 1. The number of anilines is 1. The molecule has 1 atom stereocenters. The van der Waals surface area contributed by atoms with Crippen molar-refractivity contribution in [2.75, 3.05) is 31.2 Å². The lowest BCUT2D eigenvalue weighted by atomic mass is 10.1. The fourth-order valence-electron chi connectivity index (χ4n) is 1.68. The molecule has 1 aromatic rings. The minimum absolute atomic E-state index is 0.0628. The Morgan fingerprint density at radius 3 is 2.87 bits per heavy atom. The van der Waals surface area contributed by atoms with Crippen molar-refractivity contribution in [1.82, 2.24) is 4.98 Å². The maximum atomic E-state index is 5.84. The molecule has 0 amide bonds. The molecule has 0 aliphatic carbocycles. The summed E-state index contributed by atoms with van der Waals surface area (Å²) in [6.45, 7) is 5.37. The average molecular weight is 207 g/mol. The van der Waals surface area contributed by atoms with Crippen LogP contribution in [0.3, 0.4) is 0 Å². The Morgan fingerprint density at radius 1 is 1.47 bits per heavy atom. The minimum Gasteiger partial charge on any atom is -0.378 e. The predicted molar refractivity (Wildman–Crippen MR) is 59.9 cm³/mol. The number of hydrogen-bond acceptors (Lipinski definition) is 4. The SMILES string of the molecule is CC(N)c1ccnc(N2CCOCC2)c1. The molecule has 4 nitrogen and oxygen atoms in total. The van der Waals surface area contributed by atoms with Crippen LogP contribution < -0.4 is 10.6 Å². The van der Waals surface area contributed by atoms with E-state index in [9.17, 15) is 0 Å². The topological polar surface area (TPSA) is 51.4 Å². The number of rotatable bonds is 2. The standard InChI is InChI=1S/C11H17N3O/c1-9(12)10-2-3-13-11(8-10)14-4-6-15-7-5-14/h2-3,8-9H,4-7,12H2,1H3. The summed E-state index contributed by atoms with van der Waals surface area (Å²) in [6.07, 6.45) is 1.82. The molecule has 1 saturated heterocycles. The summed E-state index contributed by atoms with van der Waals surface area (Å²) in [4.78, 5) is 6.59. The van der Waals surface area contributed by atoms with E-state index in [0.29, 0.717) is 0 Å². The molecule has 1 aliphatic rings. The lowest BCUT2D eigenvalue weighted by molar-refractivity contribution is 0.122. The second kappa shape index (κ2) is 4.59. The first-order chi connectivity index (χ1) is 7.27. The van der Waals surface area contributed by atoms with Gasteiger partial charge in [0, 0.05) is 25.3 Å². The Morgan fingerprint density at radius 2 is 2.20 bits per heavy atom. The van der Waals surface area contributed by atoms with E-state index in [4.69, 9.17) is 10.5 Å². The van der Waals surface area contributed by atoms with E-state index in [0.717, 1.165) is 37.7 Å². The lowest BCUT2D eigenvalue weighted by Gasteiger charge is -2.28. The number of hydrogen-bond donors (Lipinski definition) is 1. The zero-order chi connectivity index (χ0) is 10.7. The van der Waals surface area contributed by atoms with E-state index >= 15 is 0 Å². The van der Waals surface area contributed by atoms with E-state index in [-0.39, 0.29) is 6.04 Å². The summed E-state index contributed by atoms with van der Waals surface area (Å²) in [6, 6.07) is 4.10. The van der Waals surface area contributed by atoms with E-state index in [1.165, 1.54) is 0 Å². The van der Waals surface area contributed by atoms with Crippen LogP contribution in [0, 0.1) is 0 Å². The van der Waals surface area contributed by atoms with Crippen molar-refractivity contribution in [3.8, 4) is 0 Å². The first-order valence-corrected chi connectivity index (χ1v) is 5.31. The Kier molecular flexibility index (Phi) is 3.18. The molecule has 0 aromatic carbocycles. The van der Waals surface area contributed by atoms with Crippen molar-refractivity contribution in [3.63, 3.8) is 0 Å². The molecular formula is C11H17N3O. The monoisotopic (exact) mass is 207 g/mol. The highest BCUT2D eigenvalue weighted by Gasteiger charge is 2.12. The smallest absolute Gasteiger partial charge is 0.128 e. The number of nitrogens with zero attached hydrogens (tertiary/aromatic N) is 2. The van der Waals surface area contributed by atoms with Gasteiger partial charge >= 0.3 is 0 Å². The molecule has 15 heavy (non-hydrogen) atoms. The molecule has 82 valence electrons. The highest BCUT2D eigenvalue weighted by molar-refractivity contribution is 5.42. The number of aromatic nitrogens is 1. The first kappa shape index (κ1) is 10.4. The maximum Gasteiger partial charge on any atom is 0.128 e. The highest BCUT2D eigenvalue weighted by Crippen LogP contribution is 2.17. The van der Waals surface area contributed by atoms with Gasteiger partial charge in [0.2, 0.25) is 0 Å². The third-order valence-corrected chi connectivity index (χ3v) is 2.63. The summed E-state index contributed by atoms with van der Waals surface area (Å²) in [5, 5.41) is 0. The van der Waals surface area contributed by atoms with E-state index in [2.05, 4.69) is 16.0 Å². The molecule has 4 heteroatoms. The molecule has 1 aliphatic heterocycles. The van der Waals surface area contributed by atoms with Crippen LogP contribution in [0.5, 0.6) is 0 Å². The maximum absolute atomic E-state index is 5.84. The zero-order valence-corrected chi connectivity index (χ0v) is 9.02. The molecule has 2 rings (SSSR count). The molecule has 2 N–H and O–H groups in total. The summed E-state index contributed by atoms with van der Waals surface area (Å²) < 4.78 is 5.30. The van der Waals surface area contributed by atoms with Gasteiger partial charge in [-0.15, -0.1) is 0 Å². The van der Waals surface area contributed by atoms with Gasteiger partial charge in [-0.25, -0.2) is 4.98 Å². The van der Waals surface area contributed by atoms with Crippen LogP contribution in [-0.4, -0.2) is 31.3 Å². The Bertz CT molecular complexity index is 321. The van der Waals surface area contributed by atoms with Crippen LogP contribution in [0.4, 0.5) is 5.82 Å². The van der Waals surface area contributed by atoms with Crippen molar-refractivity contribution in [2.24, 2.45) is 5.73 Å². The van der Waals surface area contributed by atoms with Gasteiger partial charge in [0.1, 0.15) is 5.82 Å². The third kappa shape index (κ3) is 2.46. The van der Waals surface area contributed by atoms with Crippen molar-refractivity contribution >= 4 is 5.82 Å². The second-order valence-corrected chi connectivity index (χ2v) is 3.84. The summed E-state index contributed by atoms with van der Waals surface area (Å²) in [7, 11) is 0. The van der Waals surface area contributed by atoms with Gasteiger partial charge in [-0.3, -0.25) is 0 Å². The van der Waals surface area contributed by atoms with Crippen LogP contribution in [0.25, 0.3) is 0 Å². The minimum atomic E-state index is 0.0628. The number of ether oxygens (including phenoxy) is 1. The van der Waals surface area contributed by atoms with Gasteiger partial charge in [-0.1, -0.05) is 0 Å². The van der Waals surface area contributed by atoms with Gasteiger partial charge in [-0.05, 0) is 24.6 Å². The number of nitrogens with two attached hydrogens (primary N) is 1. The highest BCUT2D eigenvalue weighted by atomic mass is 16.5. The van der Waals surface area contributed by atoms with Gasteiger partial charge in [0.05, 0.1) is 13.2 Å². The lowest BCUT2D eigenvalue weighted by Crippen LogP contribution is -2.36. The number of pyridine rings is 1. The molecule has 0 radical (unpaired) electrons. The van der Waals surface area contributed by atoms with Gasteiger partial charge in [0.25, 0.3) is 0 Å². The zero-order valence-electron chi connectivity index (χ0n) is 9.02. The van der Waals surface area contributed by atoms with Crippen molar-refractivity contribution in [1.29, 1.82) is 0 Å². The largest absolute Gasteiger partial charge is 0.378 e. The summed E-state index contributed by atoms with van der Waals surface area (Å²) in [5.41, 5.74) is 6.97. The molecule has 0 bridgehead atoms. The van der Waals surface area contributed by atoms with Crippen LogP contribution in [0.15, 0.2) is 18.3 Å². The Labute approximate surface area is 90.0 Å². The van der Waals surface area contributed by atoms with E-state index < -0.39 is 0 Å².